The van der Waals surface area contributed by atoms with Crippen LogP contribution in [0.5, 0.6) is 0 Å². The summed E-state index contributed by atoms with van der Waals surface area (Å²) in [6.45, 7) is 0. The Morgan fingerprint density at radius 1 is 0.929 bits per heavy atom. The lowest BCUT2D eigenvalue weighted by atomic mass is 9.83. The molecule has 1 aliphatic rings. The lowest BCUT2D eigenvalue weighted by molar-refractivity contribution is -0.656. The van der Waals surface area contributed by atoms with Crippen LogP contribution in [-0.2, 0) is 6.42 Å². The van der Waals surface area contributed by atoms with Crippen LogP contribution in [0.2, 0.25) is 0 Å². The van der Waals surface area contributed by atoms with Crippen LogP contribution >= 0.6 is 0 Å². The maximum Gasteiger partial charge on any atom is 0.115 e. The monoisotopic (exact) mass is 181 g/mol. The molecule has 14 heavy (non-hydrogen) atoms. The van der Waals surface area contributed by atoms with Gasteiger partial charge in [-0.15, -0.1) is 6.07 Å². The number of rotatable bonds is 1. The van der Waals surface area contributed by atoms with Crippen molar-refractivity contribution in [1.29, 1.82) is 0 Å². The van der Waals surface area contributed by atoms with Crippen LogP contribution < -0.4 is 4.57 Å². The van der Waals surface area contributed by atoms with Gasteiger partial charge < -0.3 is 0 Å². The fourth-order valence-electron chi connectivity index (χ4n) is 1.93. The average Bonchev–Trinajstić information content (AvgIpc) is 2.22. The van der Waals surface area contributed by atoms with E-state index < -0.39 is 0 Å². The van der Waals surface area contributed by atoms with Gasteiger partial charge in [0, 0.05) is 6.42 Å². The number of aromatic nitrogens is 1. The third kappa shape index (κ3) is 1.02. The van der Waals surface area contributed by atoms with Crippen LogP contribution in [0.15, 0.2) is 54.9 Å². The highest BCUT2D eigenvalue weighted by atomic mass is 15.0. The third-order valence-corrected chi connectivity index (χ3v) is 2.71. The van der Waals surface area contributed by atoms with Gasteiger partial charge in [0.05, 0.1) is 0 Å². The highest BCUT2D eigenvalue weighted by molar-refractivity contribution is 5.46. The van der Waals surface area contributed by atoms with E-state index in [-0.39, 0.29) is 0 Å². The molecule has 1 nitrogen and oxygen atoms in total. The maximum absolute atomic E-state index is 2.20. The Hall–Kier alpha value is -1.76. The number of hydrogen-bond donors (Lipinski definition) is 0. The molecule has 0 fully saturated rings. The minimum atomic E-state index is 1.09. The summed E-state index contributed by atoms with van der Waals surface area (Å²) in [5.74, 6) is 0. The molecule has 1 aromatic heterocycles. The van der Waals surface area contributed by atoms with Crippen molar-refractivity contribution < 1.29 is 4.57 Å². The largest absolute Gasteiger partial charge is 0.268 e. The molecule has 2 aromatic rings. The summed E-state index contributed by atoms with van der Waals surface area (Å²) in [6, 6.07) is 16.2. The molecule has 0 amide bonds. The van der Waals surface area contributed by atoms with Crippen molar-refractivity contribution in [3.05, 3.63) is 72.0 Å². The van der Waals surface area contributed by atoms with Crippen LogP contribution in [0.3, 0.4) is 0 Å². The molecule has 0 saturated carbocycles. The van der Waals surface area contributed by atoms with E-state index in [1.807, 2.05) is 6.07 Å². The van der Waals surface area contributed by atoms with Gasteiger partial charge in [-0.2, -0.15) is 0 Å². The second kappa shape index (κ2) is 2.88. The minimum Gasteiger partial charge on any atom is -0.268 e. The topological polar surface area (TPSA) is 3.88 Å². The Balaban J connectivity index is 2.00. The van der Waals surface area contributed by atoms with Gasteiger partial charge in [0.25, 0.3) is 0 Å². The highest BCUT2D eigenvalue weighted by Gasteiger charge is 2.26. The van der Waals surface area contributed by atoms with Gasteiger partial charge in [-0.05, 0) is 12.1 Å². The molecule has 1 aliphatic carbocycles. The summed E-state index contributed by atoms with van der Waals surface area (Å²) >= 11 is 0. The number of pyridine rings is 1. The molecular formula is C13H11N. The van der Waals surface area contributed by atoms with E-state index in [9.17, 15) is 0 Å². The van der Waals surface area contributed by atoms with Crippen molar-refractivity contribution in [2.45, 2.75) is 6.42 Å². The average molecular weight is 181 g/mol. The van der Waals surface area contributed by atoms with E-state index in [1.165, 1.54) is 17.2 Å². The molecule has 3 rings (SSSR count). The molecule has 0 saturated heterocycles. The van der Waals surface area contributed by atoms with E-state index in [4.69, 9.17) is 0 Å². The molecular weight excluding hydrogens is 170 g/mol. The van der Waals surface area contributed by atoms with Crippen molar-refractivity contribution >= 4 is 0 Å². The number of nitrogens with zero attached hydrogens (tertiary/aromatic N) is 1. The Morgan fingerprint density at radius 3 is 2.50 bits per heavy atom. The standard InChI is InChI=1S/C13H11N/c1-4-8-14(9-5-1)13-10-11-6-2-3-7-12(11)13/h1-9H,10H2. The van der Waals surface area contributed by atoms with Crippen molar-refractivity contribution in [1.82, 2.24) is 0 Å². The first kappa shape index (κ1) is 7.63. The molecule has 0 aliphatic heterocycles. The van der Waals surface area contributed by atoms with E-state index in [0.717, 1.165) is 6.42 Å². The van der Waals surface area contributed by atoms with Crippen molar-refractivity contribution in [3.63, 3.8) is 0 Å². The predicted octanol–water partition coefficient (Wildman–Crippen LogP) is 1.96. The second-order valence-electron chi connectivity index (χ2n) is 3.56. The van der Waals surface area contributed by atoms with Gasteiger partial charge in [-0.25, -0.2) is 0 Å². The molecule has 0 radical (unpaired) electrons. The number of fused-ring (bicyclic) bond motifs is 1. The Bertz CT molecular complexity index is 448. The second-order valence-corrected chi connectivity index (χ2v) is 3.56. The van der Waals surface area contributed by atoms with Gasteiger partial charge in [-0.3, -0.25) is 4.57 Å². The molecule has 1 aromatic carbocycles. The fraction of sp³-hybridized carbons (Fsp3) is 0.0769. The maximum atomic E-state index is 2.20. The molecule has 0 atom stereocenters. The number of hydrogen-bond acceptors (Lipinski definition) is 0. The van der Waals surface area contributed by atoms with Gasteiger partial charge >= 0.3 is 0 Å². The van der Waals surface area contributed by atoms with Gasteiger partial charge in [0.15, 0.2) is 0 Å². The zero-order valence-corrected chi connectivity index (χ0v) is 7.85. The third-order valence-electron chi connectivity index (χ3n) is 2.71. The van der Waals surface area contributed by atoms with E-state index in [0.29, 0.717) is 0 Å². The SMILES string of the molecule is c1cc[n+]([C-]2Cc3ccccc32)cc1. The zero-order valence-electron chi connectivity index (χ0n) is 7.85. The molecule has 0 unspecified atom stereocenters. The molecule has 68 valence electrons. The predicted molar refractivity (Wildman–Crippen MR) is 54.5 cm³/mol. The van der Waals surface area contributed by atoms with E-state index >= 15 is 0 Å². The van der Waals surface area contributed by atoms with E-state index in [2.05, 4.69) is 53.4 Å². The summed E-state index contributed by atoms with van der Waals surface area (Å²) in [6.07, 6.45) is 5.29. The molecule has 0 spiro atoms. The van der Waals surface area contributed by atoms with Crippen molar-refractivity contribution in [2.24, 2.45) is 0 Å². The van der Waals surface area contributed by atoms with Crippen LogP contribution in [0.4, 0.5) is 0 Å². The quantitative estimate of drug-likeness (QED) is 0.467. The summed E-state index contributed by atoms with van der Waals surface area (Å²) < 4.78 is 2.20. The fourth-order valence-corrected chi connectivity index (χ4v) is 1.93. The first-order valence-electron chi connectivity index (χ1n) is 4.86. The Kier molecular flexibility index (Phi) is 1.57. The summed E-state index contributed by atoms with van der Waals surface area (Å²) in [5, 5.41) is 0. The molecule has 0 bridgehead atoms. The van der Waals surface area contributed by atoms with Crippen LogP contribution in [-0.4, -0.2) is 0 Å². The van der Waals surface area contributed by atoms with Gasteiger partial charge in [-0.1, -0.05) is 35.4 Å². The molecule has 0 N–H and O–H groups in total. The highest BCUT2D eigenvalue weighted by Crippen LogP contribution is 2.30. The zero-order chi connectivity index (χ0) is 9.38. The van der Waals surface area contributed by atoms with Crippen LogP contribution in [0, 0.1) is 6.04 Å². The first-order valence-corrected chi connectivity index (χ1v) is 4.86. The van der Waals surface area contributed by atoms with Crippen LogP contribution in [0.25, 0.3) is 0 Å². The van der Waals surface area contributed by atoms with E-state index in [1.54, 1.807) is 0 Å². The summed E-state index contributed by atoms with van der Waals surface area (Å²) in [5.41, 5.74) is 2.85. The molecule has 1 heteroatoms. The Labute approximate surface area is 83.6 Å². The lowest BCUT2D eigenvalue weighted by Gasteiger charge is -2.31. The Morgan fingerprint density at radius 2 is 1.71 bits per heavy atom. The lowest BCUT2D eigenvalue weighted by Crippen LogP contribution is -2.46. The van der Waals surface area contributed by atoms with Crippen molar-refractivity contribution in [3.8, 4) is 0 Å². The summed E-state index contributed by atoms with van der Waals surface area (Å²) in [4.78, 5) is 0. The van der Waals surface area contributed by atoms with Crippen molar-refractivity contribution in [2.75, 3.05) is 0 Å². The van der Waals surface area contributed by atoms with Gasteiger partial charge in [0.1, 0.15) is 18.4 Å². The first-order chi connectivity index (χ1) is 6.95. The normalized spacial score (nSPS) is 13.3. The van der Waals surface area contributed by atoms with Crippen LogP contribution in [0.1, 0.15) is 11.1 Å². The number of benzene rings is 1. The minimum absolute atomic E-state index is 1.09. The smallest absolute Gasteiger partial charge is 0.115 e. The molecule has 1 heterocycles. The van der Waals surface area contributed by atoms with Gasteiger partial charge in [0.2, 0.25) is 0 Å². The summed E-state index contributed by atoms with van der Waals surface area (Å²) in [7, 11) is 0.